The van der Waals surface area contributed by atoms with E-state index in [9.17, 15) is 0 Å². The summed E-state index contributed by atoms with van der Waals surface area (Å²) in [6, 6.07) is 14.0. The van der Waals surface area contributed by atoms with Gasteiger partial charge in [-0.25, -0.2) is 9.97 Å². The van der Waals surface area contributed by atoms with Crippen LogP contribution in [0.5, 0.6) is 0 Å². The molecule has 3 heterocycles. The van der Waals surface area contributed by atoms with E-state index in [1.165, 1.54) is 44.9 Å². The normalized spacial score (nSPS) is 18.1. The van der Waals surface area contributed by atoms with E-state index in [4.69, 9.17) is 4.98 Å². The lowest BCUT2D eigenvalue weighted by atomic mass is 10.1. The quantitative estimate of drug-likeness (QED) is 0.432. The van der Waals surface area contributed by atoms with Gasteiger partial charge >= 0.3 is 0 Å². The molecule has 2 aromatic carbocycles. The molecule has 0 aliphatic carbocycles. The maximum atomic E-state index is 4.87. The van der Waals surface area contributed by atoms with E-state index >= 15 is 0 Å². The molecule has 0 bridgehead atoms. The van der Waals surface area contributed by atoms with E-state index in [2.05, 4.69) is 60.1 Å². The zero-order valence-electron chi connectivity index (χ0n) is 15.7. The first kappa shape index (κ1) is 17.3. The van der Waals surface area contributed by atoms with Crippen LogP contribution in [0.4, 0.5) is 0 Å². The zero-order valence-corrected chi connectivity index (χ0v) is 17.4. The minimum Gasteiger partial charge on any atom is -0.300 e. The Morgan fingerprint density at radius 3 is 2.70 bits per heavy atom. The van der Waals surface area contributed by atoms with E-state index in [1.807, 2.05) is 11.3 Å². The zero-order chi connectivity index (χ0) is 18.4. The highest BCUT2D eigenvalue weighted by atomic mass is 32.1. The highest BCUT2D eigenvalue weighted by Crippen LogP contribution is 2.31. The van der Waals surface area contributed by atoms with Crippen molar-refractivity contribution in [3.8, 4) is 11.1 Å². The van der Waals surface area contributed by atoms with Gasteiger partial charge in [0, 0.05) is 19.0 Å². The predicted octanol–water partition coefficient (Wildman–Crippen LogP) is 5.91. The van der Waals surface area contributed by atoms with Crippen molar-refractivity contribution in [1.29, 1.82) is 0 Å². The lowest BCUT2D eigenvalue weighted by Gasteiger charge is -2.19. The van der Waals surface area contributed by atoms with E-state index in [0.717, 1.165) is 35.0 Å². The van der Waals surface area contributed by atoms with Crippen LogP contribution in [0.25, 0.3) is 31.6 Å². The molecule has 5 rings (SSSR count). The van der Waals surface area contributed by atoms with Gasteiger partial charge < -0.3 is 4.90 Å². The molecule has 3 nitrogen and oxygen atoms in total. The second-order valence-corrected chi connectivity index (χ2v) is 9.83. The summed E-state index contributed by atoms with van der Waals surface area (Å²) in [5.74, 6) is 0. The summed E-state index contributed by atoms with van der Waals surface area (Å²) in [6.45, 7) is 6.79. The lowest BCUT2D eigenvalue weighted by Crippen LogP contribution is -2.28. The van der Waals surface area contributed by atoms with Gasteiger partial charge in [-0.1, -0.05) is 12.1 Å². The number of hydrogen-bond acceptors (Lipinski definition) is 5. The van der Waals surface area contributed by atoms with Crippen LogP contribution in [0.15, 0.2) is 36.4 Å². The van der Waals surface area contributed by atoms with Crippen LogP contribution in [0.2, 0.25) is 0 Å². The van der Waals surface area contributed by atoms with E-state index in [1.54, 1.807) is 11.3 Å². The Morgan fingerprint density at radius 1 is 1.00 bits per heavy atom. The monoisotopic (exact) mass is 393 g/mol. The molecule has 0 unspecified atom stereocenters. The predicted molar refractivity (Wildman–Crippen MR) is 117 cm³/mol. The van der Waals surface area contributed by atoms with Gasteiger partial charge in [-0.15, -0.1) is 22.7 Å². The second-order valence-electron chi connectivity index (χ2n) is 7.48. The largest absolute Gasteiger partial charge is 0.300 e. The van der Waals surface area contributed by atoms with Gasteiger partial charge in [0.25, 0.3) is 0 Å². The van der Waals surface area contributed by atoms with Crippen molar-refractivity contribution in [2.75, 3.05) is 13.1 Å². The molecule has 1 aliphatic heterocycles. The standard InChI is InChI=1S/C22H23N3S2/c1-14-4-3-10-25(14)11-9-22-24-18-7-5-17(13-21(18)27-22)16-6-8-20-19(12-16)23-15(2)26-20/h5-8,12-14H,3-4,9-11H2,1-2H3/t14-/m1/s1. The van der Waals surface area contributed by atoms with Crippen LogP contribution in [-0.2, 0) is 6.42 Å². The van der Waals surface area contributed by atoms with Crippen molar-refractivity contribution in [3.05, 3.63) is 46.4 Å². The van der Waals surface area contributed by atoms with Gasteiger partial charge in [-0.05, 0) is 68.6 Å². The van der Waals surface area contributed by atoms with Crippen molar-refractivity contribution in [2.45, 2.75) is 39.2 Å². The highest BCUT2D eigenvalue weighted by Gasteiger charge is 2.20. The van der Waals surface area contributed by atoms with Crippen molar-refractivity contribution in [2.24, 2.45) is 0 Å². The van der Waals surface area contributed by atoms with Crippen LogP contribution < -0.4 is 0 Å². The molecule has 0 radical (unpaired) electrons. The third kappa shape index (κ3) is 3.40. The molecule has 1 aliphatic rings. The van der Waals surface area contributed by atoms with Crippen LogP contribution in [0.1, 0.15) is 29.8 Å². The number of nitrogens with zero attached hydrogens (tertiary/aromatic N) is 3. The molecule has 0 N–H and O–H groups in total. The Hall–Kier alpha value is -1.82. The molecule has 27 heavy (non-hydrogen) atoms. The maximum absolute atomic E-state index is 4.87. The maximum Gasteiger partial charge on any atom is 0.0951 e. The summed E-state index contributed by atoms with van der Waals surface area (Å²) in [5, 5.41) is 2.38. The van der Waals surface area contributed by atoms with Gasteiger partial charge in [-0.3, -0.25) is 0 Å². The molecule has 1 fully saturated rings. The molecule has 5 heteroatoms. The second kappa shape index (κ2) is 6.97. The van der Waals surface area contributed by atoms with Crippen LogP contribution >= 0.6 is 22.7 Å². The summed E-state index contributed by atoms with van der Waals surface area (Å²) in [6.07, 6.45) is 3.74. The third-order valence-electron chi connectivity index (χ3n) is 5.56. The van der Waals surface area contributed by atoms with Gasteiger partial charge in [0.1, 0.15) is 0 Å². The van der Waals surface area contributed by atoms with Gasteiger partial charge in [0.2, 0.25) is 0 Å². The first-order valence-electron chi connectivity index (χ1n) is 9.67. The fraction of sp³-hybridized carbons (Fsp3) is 0.364. The minimum atomic E-state index is 0.732. The Balaban J connectivity index is 1.40. The topological polar surface area (TPSA) is 29.0 Å². The molecule has 1 atom stereocenters. The average molecular weight is 394 g/mol. The van der Waals surface area contributed by atoms with Crippen LogP contribution in [-0.4, -0.2) is 34.0 Å². The van der Waals surface area contributed by atoms with Crippen molar-refractivity contribution >= 4 is 43.1 Å². The Labute approximate surface area is 167 Å². The van der Waals surface area contributed by atoms with Crippen molar-refractivity contribution < 1.29 is 0 Å². The highest BCUT2D eigenvalue weighted by molar-refractivity contribution is 7.18. The van der Waals surface area contributed by atoms with Crippen LogP contribution in [0.3, 0.4) is 0 Å². The van der Waals surface area contributed by atoms with Crippen LogP contribution in [0, 0.1) is 6.92 Å². The molecule has 0 saturated carbocycles. The SMILES string of the molecule is Cc1nc2cc(-c3ccc4nc(CCN5CCC[C@H]5C)sc4c3)ccc2s1. The summed E-state index contributed by atoms with van der Waals surface area (Å²) in [4.78, 5) is 12.1. The number of thiazole rings is 2. The van der Waals surface area contributed by atoms with Crippen molar-refractivity contribution in [3.63, 3.8) is 0 Å². The van der Waals surface area contributed by atoms with Gasteiger partial charge in [0.05, 0.1) is 30.4 Å². The van der Waals surface area contributed by atoms with Crippen molar-refractivity contribution in [1.82, 2.24) is 14.9 Å². The molecular weight excluding hydrogens is 370 g/mol. The molecular formula is C22H23N3S2. The van der Waals surface area contributed by atoms with E-state index in [0.29, 0.717) is 0 Å². The van der Waals surface area contributed by atoms with Gasteiger partial charge in [0.15, 0.2) is 0 Å². The number of aromatic nitrogens is 2. The van der Waals surface area contributed by atoms with Gasteiger partial charge in [-0.2, -0.15) is 0 Å². The summed E-state index contributed by atoms with van der Waals surface area (Å²) < 4.78 is 2.54. The Bertz CT molecular complexity index is 1110. The number of benzene rings is 2. The average Bonchev–Trinajstić information content (AvgIpc) is 3.35. The Morgan fingerprint density at radius 2 is 1.85 bits per heavy atom. The molecule has 4 aromatic rings. The smallest absolute Gasteiger partial charge is 0.0951 e. The molecule has 2 aromatic heterocycles. The molecule has 0 amide bonds. The lowest BCUT2D eigenvalue weighted by molar-refractivity contribution is 0.272. The minimum absolute atomic E-state index is 0.732. The molecule has 1 saturated heterocycles. The number of rotatable bonds is 4. The first-order valence-corrected chi connectivity index (χ1v) is 11.3. The number of fused-ring (bicyclic) bond motifs is 2. The fourth-order valence-corrected chi connectivity index (χ4v) is 5.85. The third-order valence-corrected chi connectivity index (χ3v) is 7.59. The summed E-state index contributed by atoms with van der Waals surface area (Å²) in [7, 11) is 0. The van der Waals surface area contributed by atoms with E-state index in [-0.39, 0.29) is 0 Å². The number of likely N-dealkylation sites (tertiary alicyclic amines) is 1. The van der Waals surface area contributed by atoms with E-state index < -0.39 is 0 Å². The fourth-order valence-electron chi connectivity index (χ4n) is 4.05. The first-order chi connectivity index (χ1) is 13.2. The number of aryl methyl sites for hydroxylation is 1. The summed E-state index contributed by atoms with van der Waals surface area (Å²) >= 11 is 3.60. The Kier molecular flexibility index (Phi) is 4.46. The number of hydrogen-bond donors (Lipinski definition) is 0. The summed E-state index contributed by atoms with van der Waals surface area (Å²) in [5.41, 5.74) is 4.70. The molecule has 138 valence electrons. The molecule has 0 spiro atoms.